The molecule has 0 rings (SSSR count). The van der Waals surface area contributed by atoms with Crippen LogP contribution in [0.2, 0.25) is 0 Å². The van der Waals surface area contributed by atoms with E-state index in [1.165, 1.54) is 12.8 Å². The molecule has 7 heavy (non-hydrogen) atoms. The molecule has 0 spiro atoms. The van der Waals surface area contributed by atoms with E-state index in [1.54, 1.807) is 0 Å². The first-order valence-electron chi connectivity index (χ1n) is 2.76. The Hall–Kier alpha value is 0.310. The summed E-state index contributed by atoms with van der Waals surface area (Å²) in [6.07, 6.45) is 2.52. The third-order valence-corrected chi connectivity index (χ3v) is 1.09. The van der Waals surface area contributed by atoms with Gasteiger partial charge in [-0.1, -0.05) is 13.3 Å². The summed E-state index contributed by atoms with van der Waals surface area (Å²) in [7, 11) is 2.00. The molecular weight excluding hydrogens is 106 g/mol. The van der Waals surface area contributed by atoms with Crippen LogP contribution in [0.15, 0.2) is 0 Å². The van der Waals surface area contributed by atoms with Gasteiger partial charge in [0.15, 0.2) is 0 Å². The van der Waals surface area contributed by atoms with Crippen molar-refractivity contribution in [3.8, 4) is 0 Å². The molecule has 2 heteroatoms. The lowest BCUT2D eigenvalue weighted by molar-refractivity contribution is -0.729. The average Bonchev–Trinajstić information content (AvgIpc) is 1.61. The normalized spacial score (nSPS) is 14.1. The van der Waals surface area contributed by atoms with Crippen molar-refractivity contribution in [1.29, 1.82) is 0 Å². The Bertz CT molecular complexity index is 37.1. The van der Waals surface area contributed by atoms with E-state index in [4.69, 9.17) is 12.8 Å². The minimum atomic E-state index is 1.13. The van der Waals surface area contributed by atoms with Gasteiger partial charge < -0.3 is 17.1 Å². The monoisotopic (exact) mass is 119 g/mol. The third kappa shape index (κ3) is 6.31. The standard InChI is InChI=1S/C5H13NS/c1-3-4-5-6(2)7/h6H,3-5H2,1-2H3. The summed E-state index contributed by atoms with van der Waals surface area (Å²) in [5, 5.41) is 0. The molecule has 0 amide bonds. The lowest BCUT2D eigenvalue weighted by Crippen LogP contribution is -3.04. The molecule has 0 aliphatic heterocycles. The Morgan fingerprint density at radius 2 is 2.14 bits per heavy atom. The number of nitrogens with one attached hydrogen (secondary N) is 1. The highest BCUT2D eigenvalue weighted by Crippen LogP contribution is 1.77. The summed E-state index contributed by atoms with van der Waals surface area (Å²) in [4.78, 5) is 0. The summed E-state index contributed by atoms with van der Waals surface area (Å²) >= 11 is 4.86. The van der Waals surface area contributed by atoms with Gasteiger partial charge in [-0.2, -0.15) is 0 Å². The van der Waals surface area contributed by atoms with Gasteiger partial charge in [0.2, 0.25) is 0 Å². The summed E-state index contributed by atoms with van der Waals surface area (Å²) in [5.74, 6) is 0. The Balaban J connectivity index is 2.68. The summed E-state index contributed by atoms with van der Waals surface area (Å²) in [6.45, 7) is 3.31. The van der Waals surface area contributed by atoms with Crippen LogP contribution in [0.3, 0.4) is 0 Å². The largest absolute Gasteiger partial charge is 0.496 e. The lowest BCUT2D eigenvalue weighted by Gasteiger charge is -2.15. The van der Waals surface area contributed by atoms with Crippen molar-refractivity contribution in [2.75, 3.05) is 13.6 Å². The Morgan fingerprint density at radius 3 is 2.29 bits per heavy atom. The van der Waals surface area contributed by atoms with Gasteiger partial charge in [0, 0.05) is 0 Å². The zero-order valence-electron chi connectivity index (χ0n) is 5.03. The van der Waals surface area contributed by atoms with E-state index in [0.717, 1.165) is 10.8 Å². The van der Waals surface area contributed by atoms with Gasteiger partial charge in [0.05, 0.1) is 13.6 Å². The third-order valence-electron chi connectivity index (χ3n) is 0.882. The smallest absolute Gasteiger partial charge is 0.0605 e. The van der Waals surface area contributed by atoms with Gasteiger partial charge in [-0.25, -0.2) is 0 Å². The molecule has 0 fully saturated rings. The van der Waals surface area contributed by atoms with Gasteiger partial charge in [-0.3, -0.25) is 0 Å². The Morgan fingerprint density at radius 1 is 1.57 bits per heavy atom. The topological polar surface area (TPSA) is 4.44 Å². The van der Waals surface area contributed by atoms with Crippen molar-refractivity contribution in [3.05, 3.63) is 0 Å². The van der Waals surface area contributed by atoms with Crippen LogP contribution in [-0.2, 0) is 12.8 Å². The molecule has 1 atom stereocenters. The molecule has 0 bridgehead atoms. The number of unbranched alkanes of at least 4 members (excludes halogenated alkanes) is 1. The molecule has 0 radical (unpaired) electrons. The van der Waals surface area contributed by atoms with E-state index in [2.05, 4.69) is 6.92 Å². The van der Waals surface area contributed by atoms with Crippen LogP contribution in [0.5, 0.6) is 0 Å². The minimum absolute atomic E-state index is 1.13. The fourth-order valence-electron chi connectivity index (χ4n) is 0.426. The van der Waals surface area contributed by atoms with Gasteiger partial charge in [-0.05, 0) is 6.42 Å². The molecule has 0 saturated heterocycles. The van der Waals surface area contributed by atoms with Crippen LogP contribution in [0.25, 0.3) is 0 Å². The average molecular weight is 119 g/mol. The summed E-state index contributed by atoms with van der Waals surface area (Å²) in [5.41, 5.74) is 0. The van der Waals surface area contributed by atoms with Crippen molar-refractivity contribution in [1.82, 2.24) is 0 Å². The highest BCUT2D eigenvalue weighted by atomic mass is 32.1. The molecule has 0 heterocycles. The first-order chi connectivity index (χ1) is 3.27. The van der Waals surface area contributed by atoms with Gasteiger partial charge >= 0.3 is 0 Å². The number of quaternary nitrogens is 1. The minimum Gasteiger partial charge on any atom is -0.496 e. The maximum absolute atomic E-state index is 4.86. The van der Waals surface area contributed by atoms with Crippen molar-refractivity contribution in [2.24, 2.45) is 0 Å². The lowest BCUT2D eigenvalue weighted by atomic mass is 10.3. The molecule has 0 aromatic rings. The zero-order valence-corrected chi connectivity index (χ0v) is 5.85. The maximum Gasteiger partial charge on any atom is 0.0605 e. The zero-order chi connectivity index (χ0) is 5.70. The molecule has 0 aliphatic carbocycles. The number of hydrogen-bond acceptors (Lipinski definition) is 1. The second kappa shape index (κ2) is 4.47. The molecule has 0 saturated carbocycles. The second-order valence-corrected chi connectivity index (χ2v) is 2.50. The molecule has 1 unspecified atom stereocenters. The Labute approximate surface area is 51.2 Å². The fourth-order valence-corrected chi connectivity index (χ4v) is 0.570. The first-order valence-corrected chi connectivity index (χ1v) is 3.17. The van der Waals surface area contributed by atoms with E-state index >= 15 is 0 Å². The van der Waals surface area contributed by atoms with Crippen LogP contribution >= 0.6 is 0 Å². The second-order valence-electron chi connectivity index (χ2n) is 1.81. The van der Waals surface area contributed by atoms with Gasteiger partial charge in [-0.15, -0.1) is 0 Å². The van der Waals surface area contributed by atoms with Crippen LogP contribution < -0.4 is 4.31 Å². The highest BCUT2D eigenvalue weighted by Gasteiger charge is 1.81. The van der Waals surface area contributed by atoms with Gasteiger partial charge in [0.25, 0.3) is 0 Å². The molecule has 0 aromatic heterocycles. The molecule has 1 N–H and O–H groups in total. The fraction of sp³-hybridized carbons (Fsp3) is 1.00. The van der Waals surface area contributed by atoms with E-state index in [0.29, 0.717) is 0 Å². The van der Waals surface area contributed by atoms with Crippen LogP contribution in [-0.4, -0.2) is 13.6 Å². The van der Waals surface area contributed by atoms with Crippen molar-refractivity contribution in [3.63, 3.8) is 0 Å². The van der Waals surface area contributed by atoms with E-state index < -0.39 is 0 Å². The van der Waals surface area contributed by atoms with Crippen LogP contribution in [0.4, 0.5) is 0 Å². The SMILES string of the molecule is CCCC[NH+](C)[S-]. The molecule has 44 valence electrons. The quantitative estimate of drug-likeness (QED) is 0.503. The number of rotatable bonds is 3. The molecular formula is C5H13NS. The van der Waals surface area contributed by atoms with E-state index in [1.807, 2.05) is 7.05 Å². The maximum atomic E-state index is 4.86. The first kappa shape index (κ1) is 7.31. The predicted octanol–water partition coefficient (Wildman–Crippen LogP) is -0.237. The molecule has 0 aliphatic rings. The van der Waals surface area contributed by atoms with Crippen molar-refractivity contribution in [2.45, 2.75) is 19.8 Å². The van der Waals surface area contributed by atoms with E-state index in [-0.39, 0.29) is 0 Å². The van der Waals surface area contributed by atoms with Crippen molar-refractivity contribution >= 4 is 12.8 Å². The van der Waals surface area contributed by atoms with Gasteiger partial charge in [0.1, 0.15) is 0 Å². The van der Waals surface area contributed by atoms with Crippen LogP contribution in [0.1, 0.15) is 19.8 Å². The summed E-state index contributed by atoms with van der Waals surface area (Å²) < 4.78 is 1.14. The van der Waals surface area contributed by atoms with Crippen LogP contribution in [0, 0.1) is 0 Å². The molecule has 1 nitrogen and oxygen atoms in total. The molecule has 0 aromatic carbocycles. The highest BCUT2D eigenvalue weighted by molar-refractivity contribution is 7.51. The van der Waals surface area contributed by atoms with Crippen molar-refractivity contribution < 1.29 is 4.31 Å². The predicted molar refractivity (Wildman–Crippen MR) is 34.0 cm³/mol. The summed E-state index contributed by atoms with van der Waals surface area (Å²) in [6, 6.07) is 0. The van der Waals surface area contributed by atoms with E-state index in [9.17, 15) is 0 Å². The Kier molecular flexibility index (Phi) is 4.67. The number of hydrogen-bond donors (Lipinski definition) is 1.